The van der Waals surface area contributed by atoms with Crippen molar-refractivity contribution in [1.82, 2.24) is 0 Å². The van der Waals surface area contributed by atoms with E-state index in [1.165, 1.54) is 9.13 Å². The molecule has 1 unspecified atom stereocenters. The van der Waals surface area contributed by atoms with Crippen LogP contribution in [0.25, 0.3) is 0 Å². The van der Waals surface area contributed by atoms with Gasteiger partial charge in [0.05, 0.1) is 0 Å². The van der Waals surface area contributed by atoms with Gasteiger partial charge in [0.25, 0.3) is 0 Å². The summed E-state index contributed by atoms with van der Waals surface area (Å²) in [6.07, 6.45) is 0. The molecule has 1 atom stereocenters. The third kappa shape index (κ3) is 3.62. The number of halogens is 3. The van der Waals surface area contributed by atoms with Gasteiger partial charge in [-0.25, -0.2) is 0 Å². The van der Waals surface area contributed by atoms with Crippen LogP contribution in [-0.2, 0) is 0 Å². The fourth-order valence-electron chi connectivity index (χ4n) is 1.68. The quantitative estimate of drug-likeness (QED) is 0.593. The molecule has 0 spiro atoms. The van der Waals surface area contributed by atoms with E-state index >= 15 is 0 Å². The molecule has 0 saturated carbocycles. The number of hydrogen-bond acceptors (Lipinski definition) is 1. The Balaban J connectivity index is 2.18. The minimum atomic E-state index is 0.241. The maximum Gasteiger partial charge on any atom is 0.0491 e. The topological polar surface area (TPSA) is 12.0 Å². The van der Waals surface area contributed by atoms with Gasteiger partial charge in [0.1, 0.15) is 0 Å². The van der Waals surface area contributed by atoms with Gasteiger partial charge in [-0.15, -0.1) is 0 Å². The molecule has 0 aromatic heterocycles. The van der Waals surface area contributed by atoms with Crippen LogP contribution in [0.2, 0.25) is 5.02 Å². The minimum absolute atomic E-state index is 0.241. The van der Waals surface area contributed by atoms with Gasteiger partial charge >= 0.3 is 0 Å². The van der Waals surface area contributed by atoms with Crippen LogP contribution in [-0.4, -0.2) is 0 Å². The molecule has 0 aliphatic rings. The fourth-order valence-corrected chi connectivity index (χ4v) is 2.65. The second-order valence-electron chi connectivity index (χ2n) is 4.04. The second kappa shape index (κ2) is 6.26. The van der Waals surface area contributed by atoms with Crippen LogP contribution in [0.5, 0.6) is 0 Å². The van der Waals surface area contributed by atoms with E-state index in [0.29, 0.717) is 0 Å². The first-order valence-corrected chi connectivity index (χ1v) is 7.78. The monoisotopic (exact) mass is 435 g/mol. The average molecular weight is 437 g/mol. The van der Waals surface area contributed by atoms with Crippen molar-refractivity contribution in [2.75, 3.05) is 5.32 Å². The Hall–Kier alpha value is -0.260. The van der Waals surface area contributed by atoms with Crippen molar-refractivity contribution in [3.05, 3.63) is 61.1 Å². The highest BCUT2D eigenvalue weighted by molar-refractivity contribution is 14.1. The van der Waals surface area contributed by atoms with E-state index in [1.807, 2.05) is 30.3 Å². The molecule has 0 aliphatic carbocycles. The lowest BCUT2D eigenvalue weighted by atomic mass is 10.1. The zero-order valence-corrected chi connectivity index (χ0v) is 14.3. The average Bonchev–Trinajstić information content (AvgIpc) is 2.34. The molecule has 1 nitrogen and oxygen atoms in total. The van der Waals surface area contributed by atoms with Crippen molar-refractivity contribution >= 4 is 55.8 Å². The molecule has 4 heteroatoms. The van der Waals surface area contributed by atoms with Gasteiger partial charge in [0.15, 0.2) is 0 Å². The number of nitrogens with one attached hydrogen (secondary N) is 1. The number of hydrogen-bond donors (Lipinski definition) is 1. The lowest BCUT2D eigenvalue weighted by Gasteiger charge is -2.17. The van der Waals surface area contributed by atoms with Crippen molar-refractivity contribution in [3.63, 3.8) is 0 Å². The van der Waals surface area contributed by atoms with Crippen molar-refractivity contribution < 1.29 is 0 Å². The van der Waals surface area contributed by atoms with Gasteiger partial charge in [-0.05, 0) is 65.4 Å². The molecule has 18 heavy (non-hydrogen) atoms. The minimum Gasteiger partial charge on any atom is -0.378 e. The highest BCUT2D eigenvalue weighted by Gasteiger charge is 2.07. The van der Waals surface area contributed by atoms with Crippen LogP contribution >= 0.6 is 50.1 Å². The van der Waals surface area contributed by atoms with Crippen molar-refractivity contribution in [1.29, 1.82) is 0 Å². The summed E-state index contributed by atoms with van der Waals surface area (Å²) in [6, 6.07) is 14.4. The van der Waals surface area contributed by atoms with E-state index in [0.717, 1.165) is 15.2 Å². The molecule has 0 heterocycles. The first-order chi connectivity index (χ1) is 8.56. The summed E-state index contributed by atoms with van der Waals surface area (Å²) in [4.78, 5) is 0. The smallest absolute Gasteiger partial charge is 0.0491 e. The molecule has 2 aromatic rings. The lowest BCUT2D eigenvalue weighted by Crippen LogP contribution is -2.07. The molecule has 0 fully saturated rings. The summed E-state index contributed by atoms with van der Waals surface area (Å²) in [5.74, 6) is 0. The van der Waals surface area contributed by atoms with Crippen LogP contribution in [0.1, 0.15) is 18.5 Å². The summed E-state index contributed by atoms with van der Waals surface area (Å²) < 4.78 is 2.28. The van der Waals surface area contributed by atoms with Crippen molar-refractivity contribution in [2.45, 2.75) is 13.0 Å². The molecule has 0 amide bonds. The first kappa shape index (κ1) is 14.2. The summed E-state index contributed by atoms with van der Waals surface area (Å²) in [7, 11) is 0. The van der Waals surface area contributed by atoms with Crippen LogP contribution < -0.4 is 5.32 Å². The molecule has 0 radical (unpaired) electrons. The van der Waals surface area contributed by atoms with E-state index in [9.17, 15) is 0 Å². The molecule has 94 valence electrons. The third-order valence-corrected chi connectivity index (χ3v) is 4.36. The number of anilines is 1. The predicted octanol–water partition coefficient (Wildman–Crippen LogP) is 5.88. The first-order valence-electron chi connectivity index (χ1n) is 5.53. The van der Waals surface area contributed by atoms with Crippen molar-refractivity contribution in [2.24, 2.45) is 0 Å². The number of rotatable bonds is 3. The third-order valence-electron chi connectivity index (χ3n) is 2.67. The molecular formula is C14H12BrClIN. The Bertz CT molecular complexity index is 542. The van der Waals surface area contributed by atoms with E-state index < -0.39 is 0 Å². The van der Waals surface area contributed by atoms with Gasteiger partial charge in [-0.1, -0.05) is 39.7 Å². The van der Waals surface area contributed by atoms with Gasteiger partial charge in [0.2, 0.25) is 0 Å². The molecule has 1 N–H and O–H groups in total. The van der Waals surface area contributed by atoms with E-state index in [1.54, 1.807) is 0 Å². The highest BCUT2D eigenvalue weighted by atomic mass is 127. The summed E-state index contributed by atoms with van der Waals surface area (Å²) in [5.41, 5.74) is 2.35. The Morgan fingerprint density at radius 2 is 1.83 bits per heavy atom. The van der Waals surface area contributed by atoms with Crippen molar-refractivity contribution in [3.8, 4) is 0 Å². The fraction of sp³-hybridized carbons (Fsp3) is 0.143. The van der Waals surface area contributed by atoms with Gasteiger partial charge in [-0.3, -0.25) is 0 Å². The SMILES string of the molecule is CC(Nc1cc(Br)ccc1I)c1ccc(Cl)cc1. The predicted molar refractivity (Wildman–Crippen MR) is 90.3 cm³/mol. The van der Waals surface area contributed by atoms with Crippen LogP contribution in [0.4, 0.5) is 5.69 Å². The lowest BCUT2D eigenvalue weighted by molar-refractivity contribution is 0.883. The zero-order valence-electron chi connectivity index (χ0n) is 9.75. The second-order valence-corrected chi connectivity index (χ2v) is 6.56. The van der Waals surface area contributed by atoms with Gasteiger partial charge in [0, 0.05) is 24.8 Å². The Morgan fingerprint density at radius 3 is 2.50 bits per heavy atom. The van der Waals surface area contributed by atoms with Gasteiger partial charge in [-0.2, -0.15) is 0 Å². The van der Waals surface area contributed by atoms with Gasteiger partial charge < -0.3 is 5.32 Å². The van der Waals surface area contributed by atoms with Crippen LogP contribution in [0.15, 0.2) is 46.9 Å². The van der Waals surface area contributed by atoms with Crippen LogP contribution in [0.3, 0.4) is 0 Å². The molecule has 2 aromatic carbocycles. The number of benzene rings is 2. The summed E-state index contributed by atoms with van der Waals surface area (Å²) in [5, 5.41) is 4.27. The Morgan fingerprint density at radius 1 is 1.17 bits per heavy atom. The maximum atomic E-state index is 5.89. The standard InChI is InChI=1S/C14H12BrClIN/c1-9(10-2-5-12(16)6-3-10)18-14-8-11(15)4-7-13(14)17/h2-9,18H,1H3. The largest absolute Gasteiger partial charge is 0.378 e. The molecule has 0 aliphatic heterocycles. The zero-order chi connectivity index (χ0) is 13.1. The molecular weight excluding hydrogens is 424 g/mol. The van der Waals surface area contributed by atoms with E-state index in [2.05, 4.69) is 62.9 Å². The Kier molecular flexibility index (Phi) is 4.92. The normalized spacial score (nSPS) is 12.2. The Labute approximate surface area is 134 Å². The molecule has 0 bridgehead atoms. The van der Waals surface area contributed by atoms with E-state index in [-0.39, 0.29) is 6.04 Å². The molecule has 0 saturated heterocycles. The summed E-state index contributed by atoms with van der Waals surface area (Å²) in [6.45, 7) is 2.14. The maximum absolute atomic E-state index is 5.89. The van der Waals surface area contributed by atoms with Crippen LogP contribution in [0, 0.1) is 3.57 Å². The highest BCUT2D eigenvalue weighted by Crippen LogP contribution is 2.27. The summed E-state index contributed by atoms with van der Waals surface area (Å²) >= 11 is 11.7. The molecule has 2 rings (SSSR count). The van der Waals surface area contributed by atoms with E-state index in [4.69, 9.17) is 11.6 Å².